The van der Waals surface area contributed by atoms with E-state index < -0.39 is 11.9 Å². The normalized spacial score (nSPS) is 20.6. The maximum absolute atomic E-state index is 13.0. The smallest absolute Gasteiger partial charge is 0.255 e. The van der Waals surface area contributed by atoms with Gasteiger partial charge in [0.25, 0.3) is 5.91 Å². The van der Waals surface area contributed by atoms with Crippen LogP contribution in [0, 0.1) is 0 Å². The number of piperidine rings is 1. The molecule has 2 fully saturated rings. The number of hydrogen-bond acceptors (Lipinski definition) is 5. The predicted molar refractivity (Wildman–Crippen MR) is 114 cm³/mol. The minimum atomic E-state index is -0.616. The molecule has 9 nitrogen and oxygen atoms in total. The van der Waals surface area contributed by atoms with Crippen molar-refractivity contribution in [2.45, 2.75) is 44.3 Å². The van der Waals surface area contributed by atoms with E-state index in [1.54, 1.807) is 11.2 Å². The number of imidazole rings is 1. The molecule has 9 heteroatoms. The molecule has 1 aliphatic carbocycles. The monoisotopic (exact) mass is 430 g/mol. The van der Waals surface area contributed by atoms with Crippen LogP contribution >= 0.6 is 0 Å². The van der Waals surface area contributed by atoms with E-state index >= 15 is 0 Å². The van der Waals surface area contributed by atoms with Gasteiger partial charge in [-0.2, -0.15) is 5.10 Å². The molecule has 3 aliphatic rings. The summed E-state index contributed by atoms with van der Waals surface area (Å²) in [4.78, 5) is 43.0. The molecular weight excluding hydrogens is 408 g/mol. The number of hydrogen-bond donors (Lipinski definition) is 1. The summed E-state index contributed by atoms with van der Waals surface area (Å²) in [7, 11) is 1.97. The van der Waals surface area contributed by atoms with E-state index in [2.05, 4.69) is 20.1 Å². The summed E-state index contributed by atoms with van der Waals surface area (Å²) >= 11 is 0. The number of nitrogens with one attached hydrogen (secondary N) is 1. The molecule has 1 saturated heterocycles. The second kappa shape index (κ2) is 6.88. The fraction of sp³-hybridized carbons (Fsp3) is 0.348. The number of aromatic nitrogens is 4. The molecule has 0 spiro atoms. The van der Waals surface area contributed by atoms with Crippen molar-refractivity contribution in [2.75, 3.05) is 0 Å². The molecule has 1 N–H and O–H groups in total. The number of amides is 3. The molecule has 1 aromatic carbocycles. The lowest BCUT2D eigenvalue weighted by molar-refractivity contribution is -0.136. The minimum absolute atomic E-state index is 0.172. The third-order valence-corrected chi connectivity index (χ3v) is 6.54. The van der Waals surface area contributed by atoms with Gasteiger partial charge in [-0.25, -0.2) is 4.98 Å². The van der Waals surface area contributed by atoms with Gasteiger partial charge in [-0.05, 0) is 43.0 Å². The Morgan fingerprint density at radius 2 is 1.94 bits per heavy atom. The number of carbonyl (C=O) groups excluding carboxylic acids is 3. The van der Waals surface area contributed by atoms with Crippen LogP contribution in [-0.4, -0.2) is 48.0 Å². The van der Waals surface area contributed by atoms with Gasteiger partial charge in [0.1, 0.15) is 6.04 Å². The summed E-state index contributed by atoms with van der Waals surface area (Å²) in [5, 5.41) is 6.86. The molecule has 4 heterocycles. The van der Waals surface area contributed by atoms with Gasteiger partial charge in [-0.3, -0.25) is 24.4 Å². The fourth-order valence-corrected chi connectivity index (χ4v) is 4.78. The van der Waals surface area contributed by atoms with Crippen LogP contribution in [0.25, 0.3) is 22.6 Å². The molecule has 32 heavy (non-hydrogen) atoms. The number of nitrogens with zero attached hydrogens (tertiary/aromatic N) is 5. The van der Waals surface area contributed by atoms with Crippen LogP contribution in [0.2, 0.25) is 0 Å². The van der Waals surface area contributed by atoms with Gasteiger partial charge in [0.15, 0.2) is 0 Å². The van der Waals surface area contributed by atoms with E-state index in [1.807, 2.05) is 42.1 Å². The maximum Gasteiger partial charge on any atom is 0.255 e. The molecule has 1 atom stereocenters. The van der Waals surface area contributed by atoms with Crippen LogP contribution in [0.3, 0.4) is 0 Å². The summed E-state index contributed by atoms with van der Waals surface area (Å²) < 4.78 is 4.07. The summed E-state index contributed by atoms with van der Waals surface area (Å²) in [5.74, 6) is -0.858. The van der Waals surface area contributed by atoms with Crippen LogP contribution < -0.4 is 5.32 Å². The Balaban J connectivity index is 1.35. The van der Waals surface area contributed by atoms with Gasteiger partial charge in [0.05, 0.1) is 29.5 Å². The van der Waals surface area contributed by atoms with Crippen molar-refractivity contribution in [3.63, 3.8) is 0 Å². The molecule has 162 valence electrons. The highest BCUT2D eigenvalue weighted by Gasteiger charge is 2.39. The van der Waals surface area contributed by atoms with E-state index in [0.29, 0.717) is 24.6 Å². The molecule has 3 amide bonds. The molecule has 0 bridgehead atoms. The Bertz CT molecular complexity index is 1280. The Morgan fingerprint density at radius 1 is 1.09 bits per heavy atom. The third kappa shape index (κ3) is 2.88. The molecule has 2 aromatic heterocycles. The largest absolute Gasteiger partial charge is 0.332 e. The van der Waals surface area contributed by atoms with Crippen molar-refractivity contribution >= 4 is 17.7 Å². The van der Waals surface area contributed by atoms with Crippen molar-refractivity contribution in [2.24, 2.45) is 7.05 Å². The number of benzene rings is 1. The van der Waals surface area contributed by atoms with Gasteiger partial charge in [-0.15, -0.1) is 0 Å². The zero-order valence-corrected chi connectivity index (χ0v) is 17.6. The zero-order valence-electron chi connectivity index (χ0n) is 17.6. The van der Waals surface area contributed by atoms with E-state index in [0.717, 1.165) is 41.1 Å². The number of rotatable bonds is 4. The average Bonchev–Trinajstić information content (AvgIpc) is 3.24. The highest BCUT2D eigenvalue weighted by molar-refractivity contribution is 6.05. The first-order valence-corrected chi connectivity index (χ1v) is 10.8. The van der Waals surface area contributed by atoms with Crippen molar-refractivity contribution in [1.29, 1.82) is 0 Å². The highest BCUT2D eigenvalue weighted by atomic mass is 16.2. The molecule has 2 aliphatic heterocycles. The minimum Gasteiger partial charge on any atom is -0.332 e. The van der Waals surface area contributed by atoms with E-state index in [-0.39, 0.29) is 18.2 Å². The number of imide groups is 1. The first kappa shape index (κ1) is 19.0. The second-order valence-electron chi connectivity index (χ2n) is 8.72. The summed E-state index contributed by atoms with van der Waals surface area (Å²) in [5.41, 5.74) is 5.24. The molecule has 3 aromatic rings. The summed E-state index contributed by atoms with van der Waals surface area (Å²) in [6, 6.07) is 7.56. The Hall–Kier alpha value is -3.75. The molecule has 1 saturated carbocycles. The van der Waals surface area contributed by atoms with Crippen molar-refractivity contribution < 1.29 is 14.4 Å². The Morgan fingerprint density at radius 3 is 2.72 bits per heavy atom. The Kier molecular flexibility index (Phi) is 4.08. The summed E-state index contributed by atoms with van der Waals surface area (Å²) in [6.07, 6.45) is 6.49. The topological polar surface area (TPSA) is 102 Å². The Labute approximate surface area is 184 Å². The van der Waals surface area contributed by atoms with E-state index in [1.165, 1.54) is 0 Å². The van der Waals surface area contributed by atoms with Crippen LogP contribution in [-0.2, 0) is 23.2 Å². The van der Waals surface area contributed by atoms with Gasteiger partial charge >= 0.3 is 0 Å². The fourth-order valence-electron chi connectivity index (χ4n) is 4.78. The number of fused-ring (bicyclic) bond motifs is 1. The first-order chi connectivity index (χ1) is 15.5. The lowest BCUT2D eigenvalue weighted by atomic mass is 10.0. The lowest BCUT2D eigenvalue weighted by Crippen LogP contribution is -2.52. The average molecular weight is 430 g/mol. The first-order valence-electron chi connectivity index (χ1n) is 10.8. The molecular formula is C23H22N6O3. The van der Waals surface area contributed by atoms with E-state index in [9.17, 15) is 14.4 Å². The van der Waals surface area contributed by atoms with Gasteiger partial charge in [0.2, 0.25) is 11.8 Å². The maximum atomic E-state index is 13.0. The summed E-state index contributed by atoms with van der Waals surface area (Å²) in [6.45, 7) is 0.344. The zero-order chi connectivity index (χ0) is 22.0. The van der Waals surface area contributed by atoms with Crippen molar-refractivity contribution in [3.8, 4) is 22.6 Å². The van der Waals surface area contributed by atoms with Crippen molar-refractivity contribution in [3.05, 3.63) is 47.9 Å². The van der Waals surface area contributed by atoms with Crippen LogP contribution in [0.4, 0.5) is 0 Å². The molecule has 0 radical (unpaired) electrons. The molecule has 0 unspecified atom stereocenters. The number of carbonyl (C=O) groups is 3. The molecule has 6 rings (SSSR count). The van der Waals surface area contributed by atoms with Gasteiger partial charge in [-0.1, -0.05) is 6.07 Å². The van der Waals surface area contributed by atoms with Gasteiger partial charge in [0, 0.05) is 37.3 Å². The van der Waals surface area contributed by atoms with E-state index in [4.69, 9.17) is 0 Å². The predicted octanol–water partition coefficient (Wildman–Crippen LogP) is 2.05. The number of aryl methyl sites for hydroxylation is 1. The quantitative estimate of drug-likeness (QED) is 0.639. The highest BCUT2D eigenvalue weighted by Crippen LogP contribution is 2.40. The third-order valence-electron chi connectivity index (χ3n) is 6.54. The standard InChI is InChI=1S/C23H22N6O3/c1-27-12-24-20(21(27)17-8-9-25-29(17)15-3-4-15)13-2-5-16-14(10-13)11-28(23(16)32)18-6-7-19(30)26-22(18)31/h2,5,8-10,12,15,18H,3-4,6-7,11H2,1H3,(H,26,30,31)/t18-/m0/s1. The van der Waals surface area contributed by atoms with Crippen molar-refractivity contribution in [1.82, 2.24) is 29.5 Å². The second-order valence-corrected chi connectivity index (χ2v) is 8.72. The van der Waals surface area contributed by atoms with Crippen LogP contribution in [0.5, 0.6) is 0 Å². The van der Waals surface area contributed by atoms with Gasteiger partial charge < -0.3 is 9.47 Å². The van der Waals surface area contributed by atoms with Crippen LogP contribution in [0.15, 0.2) is 36.8 Å². The lowest BCUT2D eigenvalue weighted by Gasteiger charge is -2.29. The van der Waals surface area contributed by atoms with Crippen LogP contribution in [0.1, 0.15) is 47.6 Å². The SMILES string of the molecule is Cn1cnc(-c2ccc3c(c2)CN([C@H]2CCC(=O)NC2=O)C3=O)c1-c1ccnn1C1CC1.